The average molecular weight is 403 g/mol. The summed E-state index contributed by atoms with van der Waals surface area (Å²) < 4.78 is 11.2. The molecule has 0 radical (unpaired) electrons. The molecule has 0 saturated carbocycles. The third-order valence-electron chi connectivity index (χ3n) is 2.92. The molecule has 0 unspecified atom stereocenters. The fourth-order valence-electron chi connectivity index (χ4n) is 1.93. The van der Waals surface area contributed by atoms with E-state index in [-0.39, 0.29) is 5.91 Å². The second kappa shape index (κ2) is 7.00. The summed E-state index contributed by atoms with van der Waals surface area (Å²) in [6.45, 7) is 5.32. The van der Waals surface area contributed by atoms with Crippen molar-refractivity contribution in [1.29, 1.82) is 0 Å². The number of methoxy groups -OCH3 is 1. The molecule has 0 aromatic heterocycles. The van der Waals surface area contributed by atoms with Crippen LogP contribution in [0.15, 0.2) is 21.5 Å². The number of nitrogens with one attached hydrogen (secondary N) is 2. The van der Waals surface area contributed by atoms with E-state index in [9.17, 15) is 9.59 Å². The lowest BCUT2D eigenvalue weighted by Gasteiger charge is -2.22. The Hall–Kier alpha value is -1.41. The highest BCUT2D eigenvalue weighted by Gasteiger charge is 2.28. The predicted octanol–water partition coefficient (Wildman–Crippen LogP) is 3.40. The van der Waals surface area contributed by atoms with Crippen LogP contribution in [0.1, 0.15) is 20.8 Å². The first-order chi connectivity index (χ1) is 10.7. The van der Waals surface area contributed by atoms with E-state index in [1.54, 1.807) is 33.9 Å². The topological polar surface area (TPSA) is 76.7 Å². The van der Waals surface area contributed by atoms with Crippen molar-refractivity contribution in [3.8, 4) is 5.75 Å². The fraction of sp³-hybridized carbons (Fsp3) is 0.467. The quantitative estimate of drug-likeness (QED) is 0.792. The van der Waals surface area contributed by atoms with Crippen molar-refractivity contribution in [2.75, 3.05) is 18.2 Å². The minimum Gasteiger partial charge on any atom is -0.495 e. The largest absolute Gasteiger partial charge is 0.495 e. The zero-order valence-electron chi connectivity index (χ0n) is 13.4. The van der Waals surface area contributed by atoms with Gasteiger partial charge in [-0.15, -0.1) is 11.8 Å². The molecule has 1 atom stereocenters. The summed E-state index contributed by atoms with van der Waals surface area (Å²) in [5, 5.41) is 5.42. The van der Waals surface area contributed by atoms with E-state index in [0.717, 1.165) is 9.37 Å². The van der Waals surface area contributed by atoms with Crippen molar-refractivity contribution in [2.24, 2.45) is 0 Å². The second-order valence-electron chi connectivity index (χ2n) is 5.98. The molecule has 1 heterocycles. The minimum atomic E-state index is -0.674. The Morgan fingerprint density at radius 3 is 2.74 bits per heavy atom. The van der Waals surface area contributed by atoms with Gasteiger partial charge in [-0.25, -0.2) is 4.79 Å². The van der Waals surface area contributed by atoms with Crippen LogP contribution >= 0.6 is 27.7 Å². The summed E-state index contributed by atoms with van der Waals surface area (Å²) in [4.78, 5) is 25.1. The van der Waals surface area contributed by atoms with Crippen molar-refractivity contribution >= 4 is 45.4 Å². The van der Waals surface area contributed by atoms with Gasteiger partial charge in [0.15, 0.2) is 0 Å². The monoisotopic (exact) mass is 402 g/mol. The van der Waals surface area contributed by atoms with Crippen LogP contribution in [0, 0.1) is 0 Å². The van der Waals surface area contributed by atoms with Crippen molar-refractivity contribution in [1.82, 2.24) is 5.32 Å². The fourth-order valence-corrected chi connectivity index (χ4v) is 3.64. The molecule has 2 rings (SSSR count). The van der Waals surface area contributed by atoms with E-state index in [4.69, 9.17) is 9.47 Å². The van der Waals surface area contributed by atoms with Gasteiger partial charge >= 0.3 is 6.09 Å². The first kappa shape index (κ1) is 17.9. The predicted molar refractivity (Wildman–Crippen MR) is 93.2 cm³/mol. The number of anilines is 1. The molecule has 0 saturated heterocycles. The van der Waals surface area contributed by atoms with Gasteiger partial charge in [0.2, 0.25) is 5.91 Å². The Balaban J connectivity index is 2.12. The summed E-state index contributed by atoms with van der Waals surface area (Å²) in [7, 11) is 1.56. The third kappa shape index (κ3) is 4.78. The Labute approximate surface area is 147 Å². The van der Waals surface area contributed by atoms with Crippen LogP contribution in [0.3, 0.4) is 0 Å². The van der Waals surface area contributed by atoms with Crippen molar-refractivity contribution in [3.05, 3.63) is 16.6 Å². The van der Waals surface area contributed by atoms with Gasteiger partial charge in [-0.1, -0.05) is 0 Å². The van der Waals surface area contributed by atoms with E-state index in [2.05, 4.69) is 26.6 Å². The molecule has 1 aliphatic heterocycles. The lowest BCUT2D eigenvalue weighted by Crippen LogP contribution is -2.46. The van der Waals surface area contributed by atoms with Crippen molar-refractivity contribution < 1.29 is 19.1 Å². The number of ether oxygens (including phenoxy) is 2. The van der Waals surface area contributed by atoms with Gasteiger partial charge in [-0.3, -0.25) is 4.79 Å². The van der Waals surface area contributed by atoms with Crippen LogP contribution in [0.2, 0.25) is 0 Å². The van der Waals surface area contributed by atoms with Crippen LogP contribution in [-0.2, 0) is 9.53 Å². The number of carbonyl (C=O) groups excluding carboxylic acids is 2. The Kier molecular flexibility index (Phi) is 5.46. The van der Waals surface area contributed by atoms with Gasteiger partial charge in [0, 0.05) is 16.7 Å². The number of alkyl carbamates (subject to hydrolysis) is 1. The molecule has 0 spiro atoms. The Bertz CT molecular complexity index is 631. The number of rotatable bonds is 2. The van der Waals surface area contributed by atoms with Crippen LogP contribution in [0.4, 0.5) is 10.5 Å². The highest BCUT2D eigenvalue weighted by molar-refractivity contribution is 9.10. The van der Waals surface area contributed by atoms with Crippen LogP contribution < -0.4 is 15.4 Å². The third-order valence-corrected chi connectivity index (χ3v) is 4.69. The molecule has 6 nitrogen and oxygen atoms in total. The first-order valence-electron chi connectivity index (χ1n) is 7.00. The lowest BCUT2D eigenvalue weighted by atomic mass is 10.2. The van der Waals surface area contributed by atoms with Gasteiger partial charge in [0.25, 0.3) is 0 Å². The highest BCUT2D eigenvalue weighted by atomic mass is 79.9. The molecule has 8 heteroatoms. The van der Waals surface area contributed by atoms with Gasteiger partial charge in [0.1, 0.15) is 17.4 Å². The zero-order valence-corrected chi connectivity index (χ0v) is 15.8. The first-order valence-corrected chi connectivity index (χ1v) is 8.78. The van der Waals surface area contributed by atoms with E-state index < -0.39 is 17.7 Å². The number of hydrogen-bond donors (Lipinski definition) is 2. The molecule has 1 aromatic carbocycles. The molecule has 1 aromatic rings. The molecular weight excluding hydrogens is 384 g/mol. The molecule has 0 aliphatic carbocycles. The number of amides is 2. The molecule has 126 valence electrons. The van der Waals surface area contributed by atoms with Crippen LogP contribution in [-0.4, -0.2) is 36.5 Å². The molecule has 23 heavy (non-hydrogen) atoms. The van der Waals surface area contributed by atoms with Gasteiger partial charge in [0.05, 0.1) is 17.3 Å². The summed E-state index contributed by atoms with van der Waals surface area (Å²) in [6, 6.07) is 2.96. The summed E-state index contributed by atoms with van der Waals surface area (Å²) >= 11 is 4.90. The maximum atomic E-state index is 12.3. The molecular formula is C15H19BrN2O4S. The summed E-state index contributed by atoms with van der Waals surface area (Å²) in [5.41, 5.74) is 0.0492. The van der Waals surface area contributed by atoms with E-state index in [0.29, 0.717) is 17.2 Å². The normalized spacial score (nSPS) is 17.6. The van der Waals surface area contributed by atoms with E-state index >= 15 is 0 Å². The summed E-state index contributed by atoms with van der Waals surface area (Å²) in [5.74, 6) is 0.756. The van der Waals surface area contributed by atoms with Crippen molar-refractivity contribution in [2.45, 2.75) is 37.3 Å². The van der Waals surface area contributed by atoms with Crippen molar-refractivity contribution in [3.63, 3.8) is 0 Å². The SMILES string of the molecule is COc1cc2c(cc1Br)SC[C@H](NC(=O)OC(C)(C)C)C(=O)N2. The number of carbonyl (C=O) groups is 2. The van der Waals surface area contributed by atoms with Gasteiger partial charge < -0.3 is 20.1 Å². The number of halogens is 1. The summed E-state index contributed by atoms with van der Waals surface area (Å²) in [6.07, 6.45) is -0.608. The highest BCUT2D eigenvalue weighted by Crippen LogP contribution is 2.38. The smallest absolute Gasteiger partial charge is 0.408 e. The Morgan fingerprint density at radius 2 is 2.13 bits per heavy atom. The van der Waals surface area contributed by atoms with Gasteiger partial charge in [-0.2, -0.15) is 0 Å². The molecule has 0 fully saturated rings. The van der Waals surface area contributed by atoms with Gasteiger partial charge in [-0.05, 0) is 42.8 Å². The van der Waals surface area contributed by atoms with E-state index in [1.807, 2.05) is 6.07 Å². The molecule has 2 amide bonds. The second-order valence-corrected chi connectivity index (χ2v) is 7.90. The standard InChI is InChI=1S/C15H19BrN2O4S/c1-15(2,3)22-14(20)18-10-7-23-12-5-8(16)11(21-4)6-9(12)17-13(10)19/h5-6,10H,7H2,1-4H3,(H,17,19)(H,18,20)/t10-/m0/s1. The molecule has 0 bridgehead atoms. The maximum Gasteiger partial charge on any atom is 0.408 e. The molecule has 1 aliphatic rings. The van der Waals surface area contributed by atoms with Crippen LogP contribution in [0.5, 0.6) is 5.75 Å². The maximum absolute atomic E-state index is 12.3. The van der Waals surface area contributed by atoms with E-state index in [1.165, 1.54) is 11.8 Å². The minimum absolute atomic E-state index is 0.286. The Morgan fingerprint density at radius 1 is 1.43 bits per heavy atom. The number of thioether (sulfide) groups is 1. The number of benzene rings is 1. The number of hydrogen-bond acceptors (Lipinski definition) is 5. The average Bonchev–Trinajstić information content (AvgIpc) is 2.56. The number of fused-ring (bicyclic) bond motifs is 1. The lowest BCUT2D eigenvalue weighted by molar-refractivity contribution is -0.117. The van der Waals surface area contributed by atoms with Crippen LogP contribution in [0.25, 0.3) is 0 Å². The molecule has 2 N–H and O–H groups in total. The zero-order chi connectivity index (χ0) is 17.2.